The van der Waals surface area contributed by atoms with E-state index in [1.807, 2.05) is 24.3 Å². The van der Waals surface area contributed by atoms with Gasteiger partial charge in [-0.25, -0.2) is 0 Å². The highest BCUT2D eigenvalue weighted by atomic mass is 16.2. The fourth-order valence-corrected chi connectivity index (χ4v) is 1.90. The predicted octanol–water partition coefficient (Wildman–Crippen LogP) is 2.88. The number of benzene rings is 1. The number of rotatable bonds is 9. The SMILES string of the molecule is CCCCN(CCCCO)c1ccc(C=O)cc1. The number of unbranched alkanes of at least 4 members (excludes halogenated alkanes) is 2. The van der Waals surface area contributed by atoms with Crippen molar-refractivity contribution in [1.29, 1.82) is 0 Å². The Balaban J connectivity index is 2.63. The number of carbonyl (C=O) groups excluding carboxylic acids is 1. The van der Waals surface area contributed by atoms with Crippen LogP contribution in [0.3, 0.4) is 0 Å². The number of hydrogen-bond acceptors (Lipinski definition) is 3. The molecule has 0 aromatic heterocycles. The number of nitrogens with zero attached hydrogens (tertiary/aromatic N) is 1. The maximum atomic E-state index is 10.6. The van der Waals surface area contributed by atoms with Crippen LogP contribution in [-0.4, -0.2) is 31.1 Å². The minimum Gasteiger partial charge on any atom is -0.396 e. The Bertz CT molecular complexity index is 335. The minimum atomic E-state index is 0.256. The van der Waals surface area contributed by atoms with Crippen LogP contribution in [0.5, 0.6) is 0 Å². The van der Waals surface area contributed by atoms with Gasteiger partial charge in [0, 0.05) is 30.9 Å². The van der Waals surface area contributed by atoms with Crippen molar-refractivity contribution in [2.75, 3.05) is 24.6 Å². The van der Waals surface area contributed by atoms with Gasteiger partial charge >= 0.3 is 0 Å². The number of aliphatic hydroxyl groups is 1. The van der Waals surface area contributed by atoms with Crippen molar-refractivity contribution < 1.29 is 9.90 Å². The van der Waals surface area contributed by atoms with Crippen molar-refractivity contribution >= 4 is 12.0 Å². The highest BCUT2D eigenvalue weighted by Crippen LogP contribution is 2.16. The Morgan fingerprint density at radius 3 is 2.33 bits per heavy atom. The van der Waals surface area contributed by atoms with Crippen LogP contribution in [0.25, 0.3) is 0 Å². The lowest BCUT2D eigenvalue weighted by Crippen LogP contribution is -2.25. The minimum absolute atomic E-state index is 0.256. The van der Waals surface area contributed by atoms with E-state index in [-0.39, 0.29) is 6.61 Å². The zero-order valence-electron chi connectivity index (χ0n) is 11.1. The Hall–Kier alpha value is -1.35. The molecule has 0 bridgehead atoms. The summed E-state index contributed by atoms with van der Waals surface area (Å²) in [5.74, 6) is 0. The van der Waals surface area contributed by atoms with Crippen molar-refractivity contribution in [2.45, 2.75) is 32.6 Å². The first-order valence-electron chi connectivity index (χ1n) is 6.73. The normalized spacial score (nSPS) is 10.3. The Labute approximate surface area is 109 Å². The third kappa shape index (κ3) is 4.88. The molecule has 1 aromatic rings. The summed E-state index contributed by atoms with van der Waals surface area (Å²) >= 11 is 0. The van der Waals surface area contributed by atoms with Crippen LogP contribution < -0.4 is 4.90 Å². The van der Waals surface area contributed by atoms with Gasteiger partial charge in [-0.2, -0.15) is 0 Å². The van der Waals surface area contributed by atoms with Gasteiger partial charge in [0.2, 0.25) is 0 Å². The lowest BCUT2D eigenvalue weighted by Gasteiger charge is -2.24. The van der Waals surface area contributed by atoms with Crippen LogP contribution in [0.2, 0.25) is 0 Å². The molecule has 0 aliphatic heterocycles. The van der Waals surface area contributed by atoms with Gasteiger partial charge in [-0.1, -0.05) is 13.3 Å². The summed E-state index contributed by atoms with van der Waals surface area (Å²) in [4.78, 5) is 13.0. The van der Waals surface area contributed by atoms with Gasteiger partial charge in [-0.3, -0.25) is 4.79 Å². The molecule has 0 saturated heterocycles. The molecule has 18 heavy (non-hydrogen) atoms. The average molecular weight is 249 g/mol. The van der Waals surface area contributed by atoms with Gasteiger partial charge in [0.25, 0.3) is 0 Å². The van der Waals surface area contributed by atoms with E-state index in [9.17, 15) is 4.79 Å². The van der Waals surface area contributed by atoms with Crippen LogP contribution in [0.15, 0.2) is 24.3 Å². The zero-order chi connectivity index (χ0) is 13.2. The molecule has 1 rings (SSSR count). The summed E-state index contributed by atoms with van der Waals surface area (Å²) in [6, 6.07) is 7.71. The molecule has 3 nitrogen and oxygen atoms in total. The standard InChI is InChI=1S/C15H23NO2/c1-2-3-10-16(11-4-5-12-17)15-8-6-14(13-18)7-9-15/h6-9,13,17H,2-5,10-12H2,1H3. The molecule has 3 heteroatoms. The summed E-state index contributed by atoms with van der Waals surface area (Å²) in [6.45, 7) is 4.43. The first-order valence-corrected chi connectivity index (χ1v) is 6.73. The molecule has 0 saturated carbocycles. The van der Waals surface area contributed by atoms with E-state index >= 15 is 0 Å². The van der Waals surface area contributed by atoms with E-state index in [0.29, 0.717) is 5.56 Å². The molecule has 0 aliphatic carbocycles. The van der Waals surface area contributed by atoms with E-state index in [0.717, 1.165) is 44.3 Å². The van der Waals surface area contributed by atoms with Gasteiger partial charge in [-0.05, 0) is 43.5 Å². The molecule has 0 atom stereocenters. The second kappa shape index (κ2) is 8.70. The second-order valence-corrected chi connectivity index (χ2v) is 4.48. The van der Waals surface area contributed by atoms with Crippen molar-refractivity contribution in [3.8, 4) is 0 Å². The number of hydrogen-bond donors (Lipinski definition) is 1. The van der Waals surface area contributed by atoms with E-state index in [1.54, 1.807) is 0 Å². The Kier molecular flexibility index (Phi) is 7.11. The van der Waals surface area contributed by atoms with E-state index in [4.69, 9.17) is 5.11 Å². The summed E-state index contributed by atoms with van der Waals surface area (Å²) in [5.41, 5.74) is 1.87. The topological polar surface area (TPSA) is 40.5 Å². The summed E-state index contributed by atoms with van der Waals surface area (Å²) < 4.78 is 0. The molecule has 1 aromatic carbocycles. The molecular formula is C15H23NO2. The van der Waals surface area contributed by atoms with Crippen LogP contribution >= 0.6 is 0 Å². The first kappa shape index (κ1) is 14.7. The molecule has 0 amide bonds. The third-order valence-electron chi connectivity index (χ3n) is 3.01. The second-order valence-electron chi connectivity index (χ2n) is 4.48. The lowest BCUT2D eigenvalue weighted by molar-refractivity contribution is 0.112. The van der Waals surface area contributed by atoms with Crippen molar-refractivity contribution in [2.24, 2.45) is 0 Å². The molecule has 1 N–H and O–H groups in total. The maximum Gasteiger partial charge on any atom is 0.150 e. The lowest BCUT2D eigenvalue weighted by atomic mass is 10.2. The molecule has 0 radical (unpaired) electrons. The van der Waals surface area contributed by atoms with Gasteiger partial charge in [0.15, 0.2) is 0 Å². The Morgan fingerprint density at radius 1 is 1.11 bits per heavy atom. The Morgan fingerprint density at radius 2 is 1.78 bits per heavy atom. The highest BCUT2D eigenvalue weighted by Gasteiger charge is 2.05. The zero-order valence-corrected chi connectivity index (χ0v) is 11.1. The molecule has 0 unspecified atom stereocenters. The van der Waals surface area contributed by atoms with E-state index < -0.39 is 0 Å². The van der Waals surface area contributed by atoms with Crippen LogP contribution in [0, 0.1) is 0 Å². The average Bonchev–Trinajstić information content (AvgIpc) is 2.43. The molecule has 0 heterocycles. The fourth-order valence-electron chi connectivity index (χ4n) is 1.90. The van der Waals surface area contributed by atoms with Crippen LogP contribution in [0.4, 0.5) is 5.69 Å². The fraction of sp³-hybridized carbons (Fsp3) is 0.533. The van der Waals surface area contributed by atoms with Gasteiger partial charge in [0.1, 0.15) is 6.29 Å². The quantitative estimate of drug-likeness (QED) is 0.540. The summed E-state index contributed by atoms with van der Waals surface area (Å²) in [6.07, 6.45) is 5.04. The molecule has 0 aliphatic rings. The largest absolute Gasteiger partial charge is 0.396 e. The number of anilines is 1. The van der Waals surface area contributed by atoms with E-state index in [2.05, 4.69) is 11.8 Å². The predicted molar refractivity (Wildman–Crippen MR) is 75.3 cm³/mol. The number of carbonyl (C=O) groups is 1. The van der Waals surface area contributed by atoms with Crippen molar-refractivity contribution in [3.63, 3.8) is 0 Å². The van der Waals surface area contributed by atoms with Crippen molar-refractivity contribution in [3.05, 3.63) is 29.8 Å². The van der Waals surface area contributed by atoms with Crippen LogP contribution in [-0.2, 0) is 0 Å². The van der Waals surface area contributed by atoms with E-state index in [1.165, 1.54) is 6.42 Å². The maximum absolute atomic E-state index is 10.6. The van der Waals surface area contributed by atoms with Gasteiger partial charge in [0.05, 0.1) is 0 Å². The van der Waals surface area contributed by atoms with Crippen LogP contribution in [0.1, 0.15) is 43.0 Å². The summed E-state index contributed by atoms with van der Waals surface area (Å²) in [5, 5.41) is 8.84. The van der Waals surface area contributed by atoms with Crippen molar-refractivity contribution in [1.82, 2.24) is 0 Å². The first-order chi connectivity index (χ1) is 8.81. The highest BCUT2D eigenvalue weighted by molar-refractivity contribution is 5.75. The molecule has 0 spiro atoms. The number of aldehydes is 1. The third-order valence-corrected chi connectivity index (χ3v) is 3.01. The molecular weight excluding hydrogens is 226 g/mol. The number of aliphatic hydroxyl groups excluding tert-OH is 1. The molecule has 100 valence electrons. The molecule has 0 fully saturated rings. The van der Waals surface area contributed by atoms with Gasteiger partial charge < -0.3 is 10.0 Å². The summed E-state index contributed by atoms with van der Waals surface area (Å²) in [7, 11) is 0. The monoisotopic (exact) mass is 249 g/mol. The smallest absolute Gasteiger partial charge is 0.150 e. The van der Waals surface area contributed by atoms with Gasteiger partial charge in [-0.15, -0.1) is 0 Å².